The van der Waals surface area contributed by atoms with Gasteiger partial charge in [-0.2, -0.15) is 0 Å². The van der Waals surface area contributed by atoms with Crippen LogP contribution in [0.5, 0.6) is 5.75 Å². The van der Waals surface area contributed by atoms with Gasteiger partial charge in [0.2, 0.25) is 0 Å². The number of carbonyl (C=O) groups is 1. The predicted molar refractivity (Wildman–Crippen MR) is 92.2 cm³/mol. The molecule has 0 aliphatic heterocycles. The number of aryl methyl sites for hydroxylation is 2. The van der Waals surface area contributed by atoms with Crippen molar-refractivity contribution >= 4 is 11.6 Å². The first-order chi connectivity index (χ1) is 12.8. The number of nitrogens with one attached hydrogen (secondary N) is 2. The number of rotatable bonds is 6. The molecular weight excluding hydrogens is 360 g/mol. The molecule has 0 aromatic carbocycles. The number of carbonyl (C=O) groups excluding carboxylic acids is 1. The standard InChI is InChI=1S/C17H17F2N5O3/c1-9-12(10(2)24-15(22-9)6-16(25)23-24)7-21-17(26)13-5-11(3-4-20-13)27-8-14(18)19/h3-6,14H,7-8H2,1-2H3,(H,21,26)(H,23,25). The Morgan fingerprint density at radius 1 is 1.37 bits per heavy atom. The Morgan fingerprint density at radius 2 is 2.15 bits per heavy atom. The third-order valence-electron chi connectivity index (χ3n) is 3.97. The molecule has 2 N–H and O–H groups in total. The van der Waals surface area contributed by atoms with Crippen molar-refractivity contribution < 1.29 is 18.3 Å². The Bertz CT molecular complexity index is 1040. The average Bonchev–Trinajstić information content (AvgIpc) is 3.00. The molecule has 0 radical (unpaired) electrons. The zero-order chi connectivity index (χ0) is 19.6. The molecule has 0 saturated carbocycles. The molecule has 10 heteroatoms. The second kappa shape index (κ2) is 7.52. The number of halogens is 2. The summed E-state index contributed by atoms with van der Waals surface area (Å²) in [7, 11) is 0. The first-order valence-corrected chi connectivity index (χ1v) is 8.08. The lowest BCUT2D eigenvalue weighted by molar-refractivity contribution is 0.0817. The zero-order valence-corrected chi connectivity index (χ0v) is 14.6. The number of amides is 1. The van der Waals surface area contributed by atoms with Gasteiger partial charge in [-0.05, 0) is 19.9 Å². The van der Waals surface area contributed by atoms with Crippen molar-refractivity contribution in [1.82, 2.24) is 24.9 Å². The van der Waals surface area contributed by atoms with E-state index in [0.717, 1.165) is 11.3 Å². The second-order valence-electron chi connectivity index (χ2n) is 5.84. The van der Waals surface area contributed by atoms with Crippen molar-refractivity contribution in [2.24, 2.45) is 0 Å². The fourth-order valence-corrected chi connectivity index (χ4v) is 2.65. The summed E-state index contributed by atoms with van der Waals surface area (Å²) in [5.41, 5.74) is 2.43. The summed E-state index contributed by atoms with van der Waals surface area (Å²) in [5.74, 6) is -0.354. The fraction of sp³-hybridized carbons (Fsp3) is 0.294. The number of hydrogen-bond acceptors (Lipinski definition) is 5. The monoisotopic (exact) mass is 377 g/mol. The van der Waals surface area contributed by atoms with E-state index in [2.05, 4.69) is 20.4 Å². The molecule has 0 fully saturated rings. The highest BCUT2D eigenvalue weighted by Crippen LogP contribution is 2.14. The molecular formula is C17H17F2N5O3. The van der Waals surface area contributed by atoms with Gasteiger partial charge in [-0.1, -0.05) is 0 Å². The number of pyridine rings is 1. The van der Waals surface area contributed by atoms with E-state index < -0.39 is 18.9 Å². The molecule has 3 heterocycles. The molecule has 8 nitrogen and oxygen atoms in total. The lowest BCUT2D eigenvalue weighted by Gasteiger charge is -2.12. The Kier molecular flexibility index (Phi) is 5.15. The van der Waals surface area contributed by atoms with Crippen LogP contribution < -0.4 is 15.6 Å². The van der Waals surface area contributed by atoms with E-state index in [-0.39, 0.29) is 23.5 Å². The van der Waals surface area contributed by atoms with Crippen LogP contribution in [0.4, 0.5) is 8.78 Å². The maximum atomic E-state index is 12.3. The molecule has 0 aliphatic carbocycles. The molecule has 0 saturated heterocycles. The number of ether oxygens (including phenoxy) is 1. The maximum absolute atomic E-state index is 12.3. The van der Waals surface area contributed by atoms with Gasteiger partial charge in [0.1, 0.15) is 18.1 Å². The first kappa shape index (κ1) is 18.5. The van der Waals surface area contributed by atoms with Gasteiger partial charge in [-0.3, -0.25) is 19.7 Å². The Hall–Kier alpha value is -3.30. The van der Waals surface area contributed by atoms with Crippen LogP contribution in [0.2, 0.25) is 0 Å². The van der Waals surface area contributed by atoms with Crippen LogP contribution in [0.15, 0.2) is 29.2 Å². The highest BCUT2D eigenvalue weighted by molar-refractivity contribution is 5.92. The lowest BCUT2D eigenvalue weighted by atomic mass is 10.1. The minimum atomic E-state index is -2.61. The van der Waals surface area contributed by atoms with Gasteiger partial charge in [-0.15, -0.1) is 0 Å². The van der Waals surface area contributed by atoms with Crippen LogP contribution >= 0.6 is 0 Å². The van der Waals surface area contributed by atoms with Gasteiger partial charge in [0.15, 0.2) is 5.65 Å². The number of hydrogen-bond donors (Lipinski definition) is 2. The third kappa shape index (κ3) is 4.10. The highest BCUT2D eigenvalue weighted by Gasteiger charge is 2.14. The molecule has 1 amide bonds. The Balaban J connectivity index is 1.75. The van der Waals surface area contributed by atoms with Crippen molar-refractivity contribution in [2.75, 3.05) is 6.61 Å². The van der Waals surface area contributed by atoms with Crippen molar-refractivity contribution in [1.29, 1.82) is 0 Å². The molecule has 0 spiro atoms. The molecule has 3 rings (SSSR count). The predicted octanol–water partition coefficient (Wildman–Crippen LogP) is 1.61. The van der Waals surface area contributed by atoms with Crippen molar-refractivity contribution in [2.45, 2.75) is 26.8 Å². The first-order valence-electron chi connectivity index (χ1n) is 8.08. The van der Waals surface area contributed by atoms with E-state index in [1.54, 1.807) is 18.4 Å². The van der Waals surface area contributed by atoms with E-state index in [1.165, 1.54) is 24.4 Å². The van der Waals surface area contributed by atoms with E-state index in [9.17, 15) is 18.4 Å². The van der Waals surface area contributed by atoms with E-state index in [0.29, 0.717) is 11.3 Å². The largest absolute Gasteiger partial charge is 0.488 e. The smallest absolute Gasteiger partial charge is 0.272 e. The van der Waals surface area contributed by atoms with E-state index in [1.807, 2.05) is 0 Å². The van der Waals surface area contributed by atoms with Crippen LogP contribution in [-0.4, -0.2) is 38.5 Å². The van der Waals surface area contributed by atoms with Gasteiger partial charge < -0.3 is 10.1 Å². The molecule has 0 bridgehead atoms. The van der Waals surface area contributed by atoms with Gasteiger partial charge in [0.25, 0.3) is 17.9 Å². The summed E-state index contributed by atoms with van der Waals surface area (Å²) in [5, 5.41) is 5.35. The van der Waals surface area contributed by atoms with Crippen LogP contribution in [0.1, 0.15) is 27.4 Å². The summed E-state index contributed by atoms with van der Waals surface area (Å²) >= 11 is 0. The fourth-order valence-electron chi connectivity index (χ4n) is 2.65. The zero-order valence-electron chi connectivity index (χ0n) is 14.6. The topological polar surface area (TPSA) is 101 Å². The van der Waals surface area contributed by atoms with Crippen LogP contribution in [0, 0.1) is 13.8 Å². The molecule has 0 unspecified atom stereocenters. The maximum Gasteiger partial charge on any atom is 0.272 e. The van der Waals surface area contributed by atoms with Crippen molar-refractivity contribution in [3.63, 3.8) is 0 Å². The molecule has 142 valence electrons. The molecule has 27 heavy (non-hydrogen) atoms. The SMILES string of the molecule is Cc1nc2cc(=O)[nH]n2c(C)c1CNC(=O)c1cc(OCC(F)F)ccn1. The number of fused-ring (bicyclic) bond motifs is 1. The Morgan fingerprint density at radius 3 is 2.89 bits per heavy atom. The number of alkyl halides is 2. The van der Waals surface area contributed by atoms with Gasteiger partial charge >= 0.3 is 0 Å². The number of aromatic nitrogens is 4. The summed E-state index contributed by atoms with van der Waals surface area (Å²) in [6.45, 7) is 2.98. The number of H-pyrrole nitrogens is 1. The molecule has 3 aromatic heterocycles. The van der Waals surface area contributed by atoms with Crippen LogP contribution in [-0.2, 0) is 6.54 Å². The van der Waals surface area contributed by atoms with Crippen molar-refractivity contribution in [3.05, 3.63) is 57.4 Å². The van der Waals surface area contributed by atoms with Gasteiger partial charge in [-0.25, -0.2) is 18.3 Å². The van der Waals surface area contributed by atoms with Crippen molar-refractivity contribution in [3.8, 4) is 5.75 Å². The average molecular weight is 377 g/mol. The minimum absolute atomic E-state index is 0.0421. The summed E-state index contributed by atoms with van der Waals surface area (Å²) in [6.07, 6.45) is -1.30. The summed E-state index contributed by atoms with van der Waals surface area (Å²) < 4.78 is 30.9. The van der Waals surface area contributed by atoms with Gasteiger partial charge in [0.05, 0.1) is 0 Å². The normalized spacial score (nSPS) is 11.1. The molecule has 0 aliphatic rings. The highest BCUT2D eigenvalue weighted by atomic mass is 19.3. The lowest BCUT2D eigenvalue weighted by Crippen LogP contribution is -2.25. The second-order valence-corrected chi connectivity index (χ2v) is 5.84. The van der Waals surface area contributed by atoms with E-state index in [4.69, 9.17) is 4.74 Å². The summed E-state index contributed by atoms with van der Waals surface area (Å²) in [6, 6.07) is 4.08. The van der Waals surface area contributed by atoms with Crippen LogP contribution in [0.3, 0.4) is 0 Å². The number of aromatic amines is 1. The third-order valence-corrected chi connectivity index (χ3v) is 3.97. The molecule has 0 atom stereocenters. The Labute approximate surface area is 152 Å². The quantitative estimate of drug-likeness (QED) is 0.680. The van der Waals surface area contributed by atoms with E-state index >= 15 is 0 Å². The summed E-state index contributed by atoms with van der Waals surface area (Å²) in [4.78, 5) is 32.1. The molecule has 3 aromatic rings. The van der Waals surface area contributed by atoms with Crippen LogP contribution in [0.25, 0.3) is 5.65 Å². The van der Waals surface area contributed by atoms with Gasteiger partial charge in [0, 0.05) is 41.8 Å². The number of nitrogens with zero attached hydrogens (tertiary/aromatic N) is 3. The minimum Gasteiger partial charge on any atom is -0.488 e.